The third kappa shape index (κ3) is 3.64. The van der Waals surface area contributed by atoms with Gasteiger partial charge in [0.15, 0.2) is 5.69 Å². The molecule has 0 spiro atoms. The number of esters is 1. The zero-order chi connectivity index (χ0) is 13.1. The van der Waals surface area contributed by atoms with Crippen molar-refractivity contribution in [2.45, 2.75) is 6.36 Å². The van der Waals surface area contributed by atoms with Gasteiger partial charge in [0.2, 0.25) is 0 Å². The molecule has 0 radical (unpaired) electrons. The van der Waals surface area contributed by atoms with E-state index in [9.17, 15) is 18.0 Å². The van der Waals surface area contributed by atoms with E-state index in [2.05, 4.69) is 14.5 Å². The van der Waals surface area contributed by atoms with Crippen molar-refractivity contribution in [2.75, 3.05) is 7.11 Å². The van der Waals surface area contributed by atoms with Gasteiger partial charge in [-0.05, 0) is 0 Å². The standard InChI is InChI=1S/C9H5F3N2O3/c1-16-8(15)7-3-6(17-9(10,11)12)2-5(4-13)14-7/h2-3H,1H3. The van der Waals surface area contributed by atoms with Crippen LogP contribution in [0.5, 0.6) is 5.75 Å². The van der Waals surface area contributed by atoms with Gasteiger partial charge in [0.25, 0.3) is 0 Å². The van der Waals surface area contributed by atoms with Crippen molar-refractivity contribution in [1.29, 1.82) is 5.26 Å². The summed E-state index contributed by atoms with van der Waals surface area (Å²) in [5.41, 5.74) is -0.821. The lowest BCUT2D eigenvalue weighted by molar-refractivity contribution is -0.274. The maximum atomic E-state index is 11.9. The fraction of sp³-hybridized carbons (Fsp3) is 0.222. The van der Waals surface area contributed by atoms with Gasteiger partial charge in [0.1, 0.15) is 17.5 Å². The van der Waals surface area contributed by atoms with Crippen LogP contribution in [-0.4, -0.2) is 24.4 Å². The number of pyridine rings is 1. The van der Waals surface area contributed by atoms with Gasteiger partial charge in [0, 0.05) is 12.1 Å². The molecular formula is C9H5F3N2O3. The van der Waals surface area contributed by atoms with E-state index in [4.69, 9.17) is 5.26 Å². The van der Waals surface area contributed by atoms with Gasteiger partial charge in [-0.1, -0.05) is 0 Å². The average molecular weight is 246 g/mol. The molecule has 0 aliphatic carbocycles. The van der Waals surface area contributed by atoms with Crippen LogP contribution in [0.3, 0.4) is 0 Å². The van der Waals surface area contributed by atoms with Crippen LogP contribution in [0.4, 0.5) is 13.2 Å². The summed E-state index contributed by atoms with van der Waals surface area (Å²) in [5.74, 6) is -1.67. The van der Waals surface area contributed by atoms with Gasteiger partial charge in [-0.15, -0.1) is 13.2 Å². The highest BCUT2D eigenvalue weighted by Crippen LogP contribution is 2.23. The molecule has 0 unspecified atom stereocenters. The first-order chi connectivity index (χ1) is 7.85. The molecule has 0 N–H and O–H groups in total. The molecule has 1 heterocycles. The van der Waals surface area contributed by atoms with Crippen molar-refractivity contribution in [2.24, 2.45) is 0 Å². The monoisotopic (exact) mass is 246 g/mol. The number of aromatic nitrogens is 1. The number of carbonyl (C=O) groups is 1. The molecule has 5 nitrogen and oxygen atoms in total. The van der Waals surface area contributed by atoms with E-state index in [0.29, 0.717) is 0 Å². The highest BCUT2D eigenvalue weighted by Gasteiger charge is 2.31. The molecular weight excluding hydrogens is 241 g/mol. The van der Waals surface area contributed by atoms with Crippen LogP contribution in [0.15, 0.2) is 12.1 Å². The van der Waals surface area contributed by atoms with Crippen molar-refractivity contribution in [3.8, 4) is 11.8 Å². The molecule has 8 heteroatoms. The molecule has 0 saturated heterocycles. The number of hydrogen-bond acceptors (Lipinski definition) is 5. The average Bonchev–Trinajstić information content (AvgIpc) is 2.25. The number of carbonyl (C=O) groups excluding carboxylic acids is 1. The second-order valence-corrected chi connectivity index (χ2v) is 2.72. The van der Waals surface area contributed by atoms with E-state index >= 15 is 0 Å². The van der Waals surface area contributed by atoms with Crippen molar-refractivity contribution in [3.63, 3.8) is 0 Å². The molecule has 17 heavy (non-hydrogen) atoms. The molecule has 0 atom stereocenters. The van der Waals surface area contributed by atoms with Gasteiger partial charge in [-0.25, -0.2) is 9.78 Å². The molecule has 1 rings (SSSR count). The molecule has 90 valence electrons. The maximum Gasteiger partial charge on any atom is 0.573 e. The highest BCUT2D eigenvalue weighted by atomic mass is 19.4. The summed E-state index contributed by atoms with van der Waals surface area (Å²) in [6.07, 6.45) is -4.92. The van der Waals surface area contributed by atoms with Gasteiger partial charge in [-0.3, -0.25) is 0 Å². The summed E-state index contributed by atoms with van der Waals surface area (Å²) < 4.78 is 43.7. The Balaban J connectivity index is 3.15. The Bertz CT molecular complexity index is 479. The van der Waals surface area contributed by atoms with Crippen LogP contribution in [-0.2, 0) is 4.74 Å². The second-order valence-electron chi connectivity index (χ2n) is 2.72. The first-order valence-electron chi connectivity index (χ1n) is 4.12. The largest absolute Gasteiger partial charge is 0.573 e. The van der Waals surface area contributed by atoms with E-state index in [1.807, 2.05) is 0 Å². The van der Waals surface area contributed by atoms with Crippen LogP contribution < -0.4 is 4.74 Å². The molecule has 0 aromatic carbocycles. The SMILES string of the molecule is COC(=O)c1cc(OC(F)(F)F)cc(C#N)n1. The number of rotatable bonds is 2. The van der Waals surface area contributed by atoms with E-state index in [0.717, 1.165) is 19.2 Å². The predicted octanol–water partition coefficient (Wildman–Crippen LogP) is 1.64. The molecule has 0 fully saturated rings. The van der Waals surface area contributed by atoms with Gasteiger partial charge in [0.05, 0.1) is 7.11 Å². The van der Waals surface area contributed by atoms with E-state index < -0.39 is 23.8 Å². The number of alkyl halides is 3. The lowest BCUT2D eigenvalue weighted by atomic mass is 10.3. The third-order valence-electron chi connectivity index (χ3n) is 1.54. The summed E-state index contributed by atoms with van der Waals surface area (Å²) >= 11 is 0. The maximum absolute atomic E-state index is 11.9. The van der Waals surface area contributed by atoms with Gasteiger partial charge in [-0.2, -0.15) is 5.26 Å². The topological polar surface area (TPSA) is 72.2 Å². The Labute approximate surface area is 93.4 Å². The third-order valence-corrected chi connectivity index (χ3v) is 1.54. The van der Waals surface area contributed by atoms with Crippen LogP contribution in [0.25, 0.3) is 0 Å². The van der Waals surface area contributed by atoms with Crippen LogP contribution in [0, 0.1) is 11.3 Å². The van der Waals surface area contributed by atoms with Crippen LogP contribution in [0.2, 0.25) is 0 Å². The lowest BCUT2D eigenvalue weighted by Gasteiger charge is -2.09. The molecule has 0 amide bonds. The quantitative estimate of drug-likeness (QED) is 0.741. The number of methoxy groups -OCH3 is 1. The van der Waals surface area contributed by atoms with Crippen molar-refractivity contribution in [3.05, 3.63) is 23.5 Å². The fourth-order valence-electron chi connectivity index (χ4n) is 0.964. The minimum atomic E-state index is -4.92. The van der Waals surface area contributed by atoms with Crippen LogP contribution in [0.1, 0.15) is 16.2 Å². The van der Waals surface area contributed by atoms with E-state index in [-0.39, 0.29) is 5.69 Å². The number of halogens is 3. The predicted molar refractivity (Wildman–Crippen MR) is 47.0 cm³/mol. The van der Waals surface area contributed by atoms with Crippen molar-refractivity contribution >= 4 is 5.97 Å². The minimum absolute atomic E-state index is 0.382. The highest BCUT2D eigenvalue weighted by molar-refractivity contribution is 5.87. The molecule has 1 aromatic heterocycles. The number of hydrogen-bond donors (Lipinski definition) is 0. The zero-order valence-electron chi connectivity index (χ0n) is 8.41. The Morgan fingerprint density at radius 2 is 2.12 bits per heavy atom. The summed E-state index contributed by atoms with van der Waals surface area (Å²) in [4.78, 5) is 14.5. The zero-order valence-corrected chi connectivity index (χ0v) is 8.41. The smallest absolute Gasteiger partial charge is 0.464 e. The molecule has 0 aliphatic heterocycles. The summed E-state index contributed by atoms with van der Waals surface area (Å²) in [5, 5.41) is 8.54. The fourth-order valence-corrected chi connectivity index (χ4v) is 0.964. The Hall–Kier alpha value is -2.30. The van der Waals surface area contributed by atoms with E-state index in [1.54, 1.807) is 0 Å². The molecule has 0 aliphatic rings. The Morgan fingerprint density at radius 3 is 2.59 bits per heavy atom. The minimum Gasteiger partial charge on any atom is -0.464 e. The van der Waals surface area contributed by atoms with Crippen molar-refractivity contribution < 1.29 is 27.4 Å². The number of nitriles is 1. The molecule has 0 bridgehead atoms. The van der Waals surface area contributed by atoms with Crippen LogP contribution >= 0.6 is 0 Å². The normalized spacial score (nSPS) is 10.5. The lowest BCUT2D eigenvalue weighted by Crippen LogP contribution is -2.18. The summed E-state index contributed by atoms with van der Waals surface area (Å²) in [6, 6.07) is 3.01. The summed E-state index contributed by atoms with van der Waals surface area (Å²) in [7, 11) is 1.04. The second kappa shape index (κ2) is 4.69. The van der Waals surface area contributed by atoms with E-state index in [1.165, 1.54) is 6.07 Å². The number of nitrogens with zero attached hydrogens (tertiary/aromatic N) is 2. The molecule has 1 aromatic rings. The summed E-state index contributed by atoms with van der Waals surface area (Å²) in [6.45, 7) is 0. The first-order valence-corrected chi connectivity index (χ1v) is 4.12. The Morgan fingerprint density at radius 1 is 1.47 bits per heavy atom. The van der Waals surface area contributed by atoms with Crippen molar-refractivity contribution in [1.82, 2.24) is 4.98 Å². The Kier molecular flexibility index (Phi) is 3.52. The first kappa shape index (κ1) is 12.8. The molecule has 0 saturated carbocycles. The van der Waals surface area contributed by atoms with Gasteiger partial charge < -0.3 is 9.47 Å². The van der Waals surface area contributed by atoms with Gasteiger partial charge >= 0.3 is 12.3 Å². The number of ether oxygens (including phenoxy) is 2.